The minimum atomic E-state index is 0.909. The van der Waals surface area contributed by atoms with E-state index >= 15 is 0 Å². The normalized spacial score (nSPS) is 12.0. The Morgan fingerprint density at radius 1 is 0.367 bits per heavy atom. The van der Waals surface area contributed by atoms with Crippen LogP contribution in [0.5, 0.6) is 0 Å². The summed E-state index contributed by atoms with van der Waals surface area (Å²) >= 11 is 0. The predicted octanol–water partition coefficient (Wildman–Crippen LogP) is 6.19. The van der Waals surface area contributed by atoms with Gasteiger partial charge in [-0.25, -0.2) is 19.9 Å². The smallest absolute Gasteiger partial charge is 0.0973 e. The number of fused-ring (bicyclic) bond motifs is 8. The third-order valence-corrected chi connectivity index (χ3v) is 5.77. The van der Waals surface area contributed by atoms with E-state index < -0.39 is 0 Å². The number of aromatic nitrogens is 4. The number of nitrogens with zero attached hydrogens (tertiary/aromatic N) is 4. The van der Waals surface area contributed by atoms with E-state index in [1.807, 2.05) is 48.5 Å². The summed E-state index contributed by atoms with van der Waals surface area (Å²) in [7, 11) is 0. The van der Waals surface area contributed by atoms with Crippen LogP contribution in [0.15, 0.2) is 84.9 Å². The van der Waals surface area contributed by atoms with Crippen molar-refractivity contribution < 1.29 is 0 Å². The van der Waals surface area contributed by atoms with Gasteiger partial charge in [0.25, 0.3) is 0 Å². The van der Waals surface area contributed by atoms with Crippen LogP contribution < -0.4 is 0 Å². The van der Waals surface area contributed by atoms with Crippen LogP contribution in [0.3, 0.4) is 0 Å². The summed E-state index contributed by atoms with van der Waals surface area (Å²) in [4.78, 5) is 19.5. The molecular formula is C26H14N4. The van der Waals surface area contributed by atoms with Gasteiger partial charge in [-0.05, 0) is 59.3 Å². The Balaban J connectivity index is 1.61. The SMILES string of the molecule is c1ccc2nc3c(ccc4cc5c(ccc6nc7ccccc7nc65)cc43)nc2c1. The molecule has 0 saturated heterocycles. The molecule has 0 aliphatic heterocycles. The first-order chi connectivity index (χ1) is 14.8. The fraction of sp³-hybridized carbons (Fsp3) is 0. The van der Waals surface area contributed by atoms with Crippen molar-refractivity contribution in [3.8, 4) is 0 Å². The maximum absolute atomic E-state index is 4.93. The van der Waals surface area contributed by atoms with Crippen molar-refractivity contribution in [2.45, 2.75) is 0 Å². The van der Waals surface area contributed by atoms with Gasteiger partial charge in [-0.15, -0.1) is 0 Å². The first-order valence-electron chi connectivity index (χ1n) is 9.92. The van der Waals surface area contributed by atoms with E-state index in [9.17, 15) is 0 Å². The summed E-state index contributed by atoms with van der Waals surface area (Å²) in [6, 6.07) is 28.7. The number of rotatable bonds is 0. The lowest BCUT2D eigenvalue weighted by Crippen LogP contribution is -1.91. The molecule has 0 fully saturated rings. The molecule has 0 saturated carbocycles. The Morgan fingerprint density at radius 3 is 1.20 bits per heavy atom. The van der Waals surface area contributed by atoms with Crippen molar-refractivity contribution >= 4 is 65.7 Å². The lowest BCUT2D eigenvalue weighted by atomic mass is 10.0. The van der Waals surface area contributed by atoms with Crippen molar-refractivity contribution in [3.05, 3.63) is 84.9 Å². The van der Waals surface area contributed by atoms with E-state index in [4.69, 9.17) is 19.9 Å². The molecule has 4 nitrogen and oxygen atoms in total. The van der Waals surface area contributed by atoms with Crippen molar-refractivity contribution in [3.63, 3.8) is 0 Å². The van der Waals surface area contributed by atoms with Gasteiger partial charge in [0, 0.05) is 10.8 Å². The van der Waals surface area contributed by atoms with Gasteiger partial charge in [0.05, 0.1) is 44.1 Å². The molecule has 0 N–H and O–H groups in total. The van der Waals surface area contributed by atoms with Gasteiger partial charge in [0.2, 0.25) is 0 Å². The standard InChI is InChI=1S/C26H14N4/c1-3-7-21-19(5-1)27-23-11-9-15-14-18-16(13-17(15)25(23)29-21)10-12-24-26(18)30-22-8-4-2-6-20(22)28-24/h1-14H. The third kappa shape index (κ3) is 2.16. The fourth-order valence-corrected chi connectivity index (χ4v) is 4.31. The largest absolute Gasteiger partial charge is 0.244 e. The van der Waals surface area contributed by atoms with Gasteiger partial charge in [-0.3, -0.25) is 0 Å². The topological polar surface area (TPSA) is 51.6 Å². The molecule has 30 heavy (non-hydrogen) atoms. The maximum atomic E-state index is 4.93. The molecule has 0 aliphatic carbocycles. The Kier molecular flexibility index (Phi) is 2.97. The summed E-state index contributed by atoms with van der Waals surface area (Å²) in [5.74, 6) is 0. The third-order valence-electron chi connectivity index (χ3n) is 5.77. The van der Waals surface area contributed by atoms with Crippen molar-refractivity contribution in [2.75, 3.05) is 0 Å². The lowest BCUT2D eigenvalue weighted by molar-refractivity contribution is 1.40. The van der Waals surface area contributed by atoms with Crippen LogP contribution >= 0.6 is 0 Å². The first-order valence-corrected chi connectivity index (χ1v) is 9.92. The zero-order valence-corrected chi connectivity index (χ0v) is 15.9. The van der Waals surface area contributed by atoms with E-state index in [-0.39, 0.29) is 0 Å². The average Bonchev–Trinajstić information content (AvgIpc) is 2.80. The molecule has 5 aromatic carbocycles. The fourth-order valence-electron chi connectivity index (χ4n) is 4.31. The molecule has 2 aromatic heterocycles. The molecule has 2 heterocycles. The highest BCUT2D eigenvalue weighted by Gasteiger charge is 2.10. The van der Waals surface area contributed by atoms with Crippen LogP contribution in [-0.4, -0.2) is 19.9 Å². The number of hydrogen-bond acceptors (Lipinski definition) is 4. The molecular weight excluding hydrogens is 368 g/mol. The molecule has 4 heteroatoms. The molecule has 0 amide bonds. The summed E-state index contributed by atoms with van der Waals surface area (Å²) < 4.78 is 0. The van der Waals surface area contributed by atoms with Crippen LogP contribution in [-0.2, 0) is 0 Å². The molecule has 0 radical (unpaired) electrons. The Morgan fingerprint density at radius 2 is 0.767 bits per heavy atom. The minimum absolute atomic E-state index is 0.909. The van der Waals surface area contributed by atoms with E-state index in [1.54, 1.807) is 0 Å². The van der Waals surface area contributed by atoms with E-state index in [0.717, 1.165) is 65.7 Å². The van der Waals surface area contributed by atoms with Gasteiger partial charge in [-0.2, -0.15) is 0 Å². The number of para-hydroxylation sites is 4. The lowest BCUT2D eigenvalue weighted by Gasteiger charge is -2.09. The second kappa shape index (κ2) is 5.67. The zero-order valence-electron chi connectivity index (χ0n) is 15.9. The number of benzene rings is 5. The molecule has 138 valence electrons. The van der Waals surface area contributed by atoms with Crippen LogP contribution in [0, 0.1) is 0 Å². The molecule has 0 unspecified atom stereocenters. The second-order valence-electron chi connectivity index (χ2n) is 7.59. The summed E-state index contributed by atoms with van der Waals surface area (Å²) in [6.07, 6.45) is 0. The molecule has 0 aliphatic rings. The Bertz CT molecular complexity index is 1670. The van der Waals surface area contributed by atoms with Crippen molar-refractivity contribution in [1.82, 2.24) is 19.9 Å². The zero-order chi connectivity index (χ0) is 19.7. The molecule has 0 bridgehead atoms. The van der Waals surface area contributed by atoms with Gasteiger partial charge in [-0.1, -0.05) is 36.4 Å². The van der Waals surface area contributed by atoms with Gasteiger partial charge in [0.1, 0.15) is 0 Å². The molecule has 7 rings (SSSR count). The maximum Gasteiger partial charge on any atom is 0.0973 e. The van der Waals surface area contributed by atoms with Crippen LogP contribution in [0.2, 0.25) is 0 Å². The quantitative estimate of drug-likeness (QED) is 0.232. The highest BCUT2D eigenvalue weighted by Crippen LogP contribution is 2.32. The molecule has 7 aromatic rings. The van der Waals surface area contributed by atoms with E-state index in [2.05, 4.69) is 36.4 Å². The summed E-state index contributed by atoms with van der Waals surface area (Å²) in [5.41, 5.74) is 7.33. The Labute approximate surface area is 170 Å². The summed E-state index contributed by atoms with van der Waals surface area (Å²) in [5, 5.41) is 4.46. The van der Waals surface area contributed by atoms with Crippen molar-refractivity contribution in [2.24, 2.45) is 0 Å². The average molecular weight is 382 g/mol. The van der Waals surface area contributed by atoms with Gasteiger partial charge < -0.3 is 0 Å². The number of hydrogen-bond donors (Lipinski definition) is 0. The first kappa shape index (κ1) is 15.7. The Hall–Kier alpha value is -4.18. The van der Waals surface area contributed by atoms with Gasteiger partial charge in [0.15, 0.2) is 0 Å². The predicted molar refractivity (Wildman–Crippen MR) is 123 cm³/mol. The van der Waals surface area contributed by atoms with Crippen LogP contribution in [0.25, 0.3) is 65.7 Å². The van der Waals surface area contributed by atoms with Crippen LogP contribution in [0.1, 0.15) is 0 Å². The second-order valence-corrected chi connectivity index (χ2v) is 7.59. The van der Waals surface area contributed by atoms with E-state index in [0.29, 0.717) is 0 Å². The molecule has 0 atom stereocenters. The highest BCUT2D eigenvalue weighted by atomic mass is 14.8. The van der Waals surface area contributed by atoms with Crippen molar-refractivity contribution in [1.29, 1.82) is 0 Å². The van der Waals surface area contributed by atoms with Gasteiger partial charge >= 0.3 is 0 Å². The van der Waals surface area contributed by atoms with E-state index in [1.165, 1.54) is 0 Å². The van der Waals surface area contributed by atoms with Crippen LogP contribution in [0.4, 0.5) is 0 Å². The molecule has 0 spiro atoms. The summed E-state index contributed by atoms with van der Waals surface area (Å²) in [6.45, 7) is 0. The monoisotopic (exact) mass is 382 g/mol. The highest BCUT2D eigenvalue weighted by molar-refractivity contribution is 6.15. The minimum Gasteiger partial charge on any atom is -0.244 e.